The maximum Gasteiger partial charge on any atom is 0.177 e. The molecule has 18 heavy (non-hydrogen) atoms. The van der Waals surface area contributed by atoms with Gasteiger partial charge in [-0.1, -0.05) is 17.7 Å². The van der Waals surface area contributed by atoms with Gasteiger partial charge in [0.1, 0.15) is 0 Å². The van der Waals surface area contributed by atoms with Crippen LogP contribution in [0.4, 0.5) is 0 Å². The molecule has 3 heteroatoms. The molecular weight excluding hydrogens is 242 g/mol. The van der Waals surface area contributed by atoms with E-state index in [4.69, 9.17) is 0 Å². The predicted octanol–water partition coefficient (Wildman–Crippen LogP) is 3.09. The molecule has 0 aliphatic rings. The van der Waals surface area contributed by atoms with Crippen molar-refractivity contribution in [2.24, 2.45) is 0 Å². The molecule has 100 valence electrons. The Labute approximate surface area is 115 Å². The van der Waals surface area contributed by atoms with Crippen LogP contribution in [0.15, 0.2) is 12.1 Å². The first-order valence-corrected chi connectivity index (χ1v) is 7.63. The normalized spacial score (nSPS) is 11.0. The van der Waals surface area contributed by atoms with Crippen LogP contribution >= 0.6 is 11.8 Å². The maximum atomic E-state index is 12.3. The highest BCUT2D eigenvalue weighted by Gasteiger charge is 2.14. The molecule has 0 saturated heterocycles. The molecule has 0 spiro atoms. The van der Waals surface area contributed by atoms with Crippen LogP contribution < -0.4 is 0 Å². The lowest BCUT2D eigenvalue weighted by Crippen LogP contribution is -2.28. The minimum atomic E-state index is 0.230. The van der Waals surface area contributed by atoms with E-state index in [1.54, 1.807) is 0 Å². The van der Waals surface area contributed by atoms with Crippen molar-refractivity contribution >= 4 is 17.5 Å². The summed E-state index contributed by atoms with van der Waals surface area (Å²) in [7, 11) is 2.01. The third-order valence-corrected chi connectivity index (χ3v) is 3.64. The Morgan fingerprint density at radius 1 is 1.22 bits per heavy atom. The highest BCUT2D eigenvalue weighted by Crippen LogP contribution is 2.17. The Bertz CT molecular complexity index is 405. The molecule has 0 aromatic heterocycles. The standard InChI is InChI=1S/C15H23NOS/c1-11-8-12(2)15(13(3)9-11)14(17)10-16(4)6-7-18-5/h8-9H,6-7,10H2,1-5H3. The van der Waals surface area contributed by atoms with E-state index < -0.39 is 0 Å². The van der Waals surface area contributed by atoms with Crippen molar-refractivity contribution in [3.8, 4) is 0 Å². The SMILES string of the molecule is CSCCN(C)CC(=O)c1c(C)cc(C)cc1C. The summed E-state index contributed by atoms with van der Waals surface area (Å²) < 4.78 is 0. The summed E-state index contributed by atoms with van der Waals surface area (Å²) in [5.41, 5.74) is 4.31. The van der Waals surface area contributed by atoms with Crippen molar-refractivity contribution in [1.82, 2.24) is 4.90 Å². The van der Waals surface area contributed by atoms with E-state index in [1.165, 1.54) is 5.56 Å². The summed E-state index contributed by atoms with van der Waals surface area (Å²) in [6.45, 7) is 7.57. The Balaban J connectivity index is 2.78. The number of benzene rings is 1. The third kappa shape index (κ3) is 4.14. The molecular formula is C15H23NOS. The number of hydrogen-bond acceptors (Lipinski definition) is 3. The van der Waals surface area contributed by atoms with Crippen LogP contribution in [0.25, 0.3) is 0 Å². The van der Waals surface area contributed by atoms with Crippen LogP contribution in [0, 0.1) is 20.8 Å². The number of ketones is 1. The van der Waals surface area contributed by atoms with Gasteiger partial charge in [0, 0.05) is 17.9 Å². The molecule has 0 aliphatic carbocycles. The van der Waals surface area contributed by atoms with Crippen molar-refractivity contribution in [2.75, 3.05) is 32.1 Å². The van der Waals surface area contributed by atoms with Gasteiger partial charge in [-0.2, -0.15) is 11.8 Å². The zero-order valence-electron chi connectivity index (χ0n) is 12.0. The number of aryl methyl sites for hydroxylation is 3. The summed E-state index contributed by atoms with van der Waals surface area (Å²) in [6.07, 6.45) is 2.09. The summed E-state index contributed by atoms with van der Waals surface area (Å²) in [6, 6.07) is 4.17. The van der Waals surface area contributed by atoms with E-state index in [0.717, 1.165) is 29.0 Å². The molecule has 0 saturated carbocycles. The monoisotopic (exact) mass is 265 g/mol. The van der Waals surface area contributed by atoms with Gasteiger partial charge in [-0.15, -0.1) is 0 Å². The van der Waals surface area contributed by atoms with Crippen LogP contribution in [0.1, 0.15) is 27.0 Å². The molecule has 0 fully saturated rings. The molecule has 0 amide bonds. The average Bonchev–Trinajstić information content (AvgIpc) is 2.24. The van der Waals surface area contributed by atoms with Crippen molar-refractivity contribution in [3.05, 3.63) is 34.4 Å². The fourth-order valence-corrected chi connectivity index (χ4v) is 2.76. The Hall–Kier alpha value is -0.800. The fourth-order valence-electron chi connectivity index (χ4n) is 2.27. The highest BCUT2D eigenvalue weighted by molar-refractivity contribution is 7.98. The Morgan fingerprint density at radius 2 is 1.78 bits per heavy atom. The van der Waals surface area contributed by atoms with E-state index >= 15 is 0 Å². The zero-order valence-corrected chi connectivity index (χ0v) is 12.9. The number of likely N-dealkylation sites (N-methyl/N-ethyl adjacent to an activating group) is 1. The first-order chi connectivity index (χ1) is 8.45. The fraction of sp³-hybridized carbons (Fsp3) is 0.533. The summed E-state index contributed by atoms with van der Waals surface area (Å²) in [5, 5.41) is 0. The molecule has 0 bridgehead atoms. The van der Waals surface area contributed by atoms with Crippen LogP contribution in [0.3, 0.4) is 0 Å². The maximum absolute atomic E-state index is 12.3. The van der Waals surface area contributed by atoms with E-state index in [2.05, 4.69) is 30.2 Å². The van der Waals surface area contributed by atoms with Crippen molar-refractivity contribution in [3.63, 3.8) is 0 Å². The first-order valence-electron chi connectivity index (χ1n) is 6.24. The van der Waals surface area contributed by atoms with Crippen LogP contribution in [0.2, 0.25) is 0 Å². The van der Waals surface area contributed by atoms with E-state index in [0.29, 0.717) is 6.54 Å². The summed E-state index contributed by atoms with van der Waals surface area (Å²) >= 11 is 1.81. The number of Topliss-reactive ketones (excluding diaryl/α,β-unsaturated/α-hetero) is 1. The van der Waals surface area contributed by atoms with E-state index in [-0.39, 0.29) is 5.78 Å². The van der Waals surface area contributed by atoms with Gasteiger partial charge in [0.15, 0.2) is 5.78 Å². The van der Waals surface area contributed by atoms with Crippen molar-refractivity contribution in [2.45, 2.75) is 20.8 Å². The number of thioether (sulfide) groups is 1. The molecule has 0 atom stereocenters. The Kier molecular flexibility index (Phi) is 5.89. The van der Waals surface area contributed by atoms with Gasteiger partial charge in [-0.25, -0.2) is 0 Å². The molecule has 2 nitrogen and oxygen atoms in total. The van der Waals surface area contributed by atoms with Gasteiger partial charge in [-0.05, 0) is 45.2 Å². The molecule has 0 radical (unpaired) electrons. The molecule has 0 unspecified atom stereocenters. The molecule has 1 aromatic rings. The minimum Gasteiger partial charge on any atom is -0.298 e. The highest BCUT2D eigenvalue weighted by atomic mass is 32.2. The Morgan fingerprint density at radius 3 is 2.28 bits per heavy atom. The lowest BCUT2D eigenvalue weighted by atomic mass is 9.96. The quantitative estimate of drug-likeness (QED) is 0.737. The third-order valence-electron chi connectivity index (χ3n) is 3.05. The minimum absolute atomic E-state index is 0.230. The van der Waals surface area contributed by atoms with Gasteiger partial charge in [0.2, 0.25) is 0 Å². The van der Waals surface area contributed by atoms with Gasteiger partial charge in [0.25, 0.3) is 0 Å². The van der Waals surface area contributed by atoms with Crippen LogP contribution in [-0.4, -0.2) is 42.8 Å². The smallest absolute Gasteiger partial charge is 0.177 e. The second-order valence-electron chi connectivity index (χ2n) is 4.93. The molecule has 1 rings (SSSR count). The lowest BCUT2D eigenvalue weighted by Gasteiger charge is -2.17. The second kappa shape index (κ2) is 6.95. The first kappa shape index (κ1) is 15.3. The number of carbonyl (C=O) groups is 1. The molecule has 0 aliphatic heterocycles. The summed E-state index contributed by atoms with van der Waals surface area (Å²) in [5.74, 6) is 1.30. The molecule has 0 N–H and O–H groups in total. The van der Waals surface area contributed by atoms with Gasteiger partial charge in [0.05, 0.1) is 6.54 Å². The largest absolute Gasteiger partial charge is 0.298 e. The predicted molar refractivity (Wildman–Crippen MR) is 80.9 cm³/mol. The lowest BCUT2D eigenvalue weighted by molar-refractivity contribution is 0.0948. The van der Waals surface area contributed by atoms with Crippen LogP contribution in [0.5, 0.6) is 0 Å². The number of rotatable bonds is 6. The van der Waals surface area contributed by atoms with Crippen LogP contribution in [-0.2, 0) is 0 Å². The van der Waals surface area contributed by atoms with Gasteiger partial charge < -0.3 is 0 Å². The van der Waals surface area contributed by atoms with E-state index in [1.807, 2.05) is 32.7 Å². The number of hydrogen-bond donors (Lipinski definition) is 0. The number of carbonyl (C=O) groups excluding carboxylic acids is 1. The number of nitrogens with zero attached hydrogens (tertiary/aromatic N) is 1. The van der Waals surface area contributed by atoms with Crippen molar-refractivity contribution < 1.29 is 4.79 Å². The van der Waals surface area contributed by atoms with Gasteiger partial charge in [-0.3, -0.25) is 9.69 Å². The average molecular weight is 265 g/mol. The summed E-state index contributed by atoms with van der Waals surface area (Å²) in [4.78, 5) is 14.4. The topological polar surface area (TPSA) is 20.3 Å². The van der Waals surface area contributed by atoms with Crippen molar-refractivity contribution in [1.29, 1.82) is 0 Å². The molecule has 0 heterocycles. The van der Waals surface area contributed by atoms with E-state index in [9.17, 15) is 4.79 Å². The second-order valence-corrected chi connectivity index (χ2v) is 5.91. The molecule has 1 aromatic carbocycles. The van der Waals surface area contributed by atoms with Gasteiger partial charge >= 0.3 is 0 Å². The zero-order chi connectivity index (χ0) is 13.7.